The molecule has 0 aliphatic rings. The lowest BCUT2D eigenvalue weighted by Crippen LogP contribution is -2.35. The third-order valence-electron chi connectivity index (χ3n) is 6.42. The van der Waals surface area contributed by atoms with E-state index in [1.807, 2.05) is 67.6 Å². The number of carbonyl (C=O) groups is 1. The van der Waals surface area contributed by atoms with E-state index in [4.69, 9.17) is 9.72 Å². The Balaban J connectivity index is 1.78. The van der Waals surface area contributed by atoms with Crippen LogP contribution in [0, 0.1) is 0 Å². The Kier molecular flexibility index (Phi) is 7.30. The highest BCUT2D eigenvalue weighted by Crippen LogP contribution is 2.27. The number of aromatic nitrogens is 2. The lowest BCUT2D eigenvalue weighted by atomic mass is 10.1. The molecule has 6 nitrogen and oxygen atoms in total. The van der Waals surface area contributed by atoms with Crippen LogP contribution in [0.3, 0.4) is 0 Å². The van der Waals surface area contributed by atoms with Crippen molar-refractivity contribution in [1.82, 2.24) is 14.5 Å². The van der Waals surface area contributed by atoms with Crippen molar-refractivity contribution in [3.05, 3.63) is 100 Å². The van der Waals surface area contributed by atoms with E-state index in [0.717, 1.165) is 19.3 Å². The Labute approximate surface area is 205 Å². The summed E-state index contributed by atoms with van der Waals surface area (Å²) in [6.45, 7) is 4.05. The van der Waals surface area contributed by atoms with Crippen LogP contribution in [0.5, 0.6) is 5.75 Å². The summed E-state index contributed by atoms with van der Waals surface area (Å²) in [5, 5.41) is 0.506. The standard InChI is InChI=1S/C29H31N3O3/c1-5-6-11-21-16-18-22(19-17-21)28(33)31(3)20(2)27-30-24-13-8-7-12-23(24)29(34)32(27)25-14-9-10-15-26(25)35-4/h7-10,12-20H,5-6,11H2,1-4H3. The predicted octanol–water partition coefficient (Wildman–Crippen LogP) is 5.57. The number of ether oxygens (including phenoxy) is 1. The van der Waals surface area contributed by atoms with E-state index in [1.54, 1.807) is 35.8 Å². The molecule has 35 heavy (non-hydrogen) atoms. The Morgan fingerprint density at radius 2 is 1.71 bits per heavy atom. The van der Waals surface area contributed by atoms with E-state index >= 15 is 0 Å². The first-order valence-electron chi connectivity index (χ1n) is 12.0. The molecule has 0 aliphatic heterocycles. The maximum Gasteiger partial charge on any atom is 0.266 e. The Morgan fingerprint density at radius 3 is 2.43 bits per heavy atom. The maximum atomic E-state index is 13.7. The normalized spacial score (nSPS) is 11.9. The fourth-order valence-corrected chi connectivity index (χ4v) is 4.23. The van der Waals surface area contributed by atoms with Crippen LogP contribution in [0.2, 0.25) is 0 Å². The number of rotatable bonds is 8. The van der Waals surface area contributed by atoms with E-state index < -0.39 is 6.04 Å². The second-order valence-electron chi connectivity index (χ2n) is 8.69. The summed E-state index contributed by atoms with van der Waals surface area (Å²) >= 11 is 0. The third-order valence-corrected chi connectivity index (χ3v) is 6.42. The second-order valence-corrected chi connectivity index (χ2v) is 8.69. The van der Waals surface area contributed by atoms with Gasteiger partial charge in [0.25, 0.3) is 11.5 Å². The Morgan fingerprint density at radius 1 is 1.03 bits per heavy atom. The number of fused-ring (bicyclic) bond motifs is 1. The van der Waals surface area contributed by atoms with Gasteiger partial charge in [0.15, 0.2) is 0 Å². The monoisotopic (exact) mass is 469 g/mol. The van der Waals surface area contributed by atoms with Crippen molar-refractivity contribution >= 4 is 16.8 Å². The van der Waals surface area contributed by atoms with E-state index in [9.17, 15) is 9.59 Å². The van der Waals surface area contributed by atoms with E-state index in [1.165, 1.54) is 5.56 Å². The lowest BCUT2D eigenvalue weighted by Gasteiger charge is -2.27. The van der Waals surface area contributed by atoms with Crippen LogP contribution in [0.15, 0.2) is 77.6 Å². The molecule has 1 heterocycles. The maximum absolute atomic E-state index is 13.7. The number of para-hydroxylation sites is 3. The third kappa shape index (κ3) is 4.83. The number of unbranched alkanes of at least 4 members (excludes halogenated alkanes) is 1. The summed E-state index contributed by atoms with van der Waals surface area (Å²) in [5.74, 6) is 0.888. The highest BCUT2D eigenvalue weighted by atomic mass is 16.5. The van der Waals surface area contributed by atoms with Crippen molar-refractivity contribution in [2.24, 2.45) is 0 Å². The molecule has 1 amide bonds. The average molecular weight is 470 g/mol. The first kappa shape index (κ1) is 24.2. The summed E-state index contributed by atoms with van der Waals surface area (Å²) in [4.78, 5) is 33.5. The smallest absolute Gasteiger partial charge is 0.266 e. The minimum atomic E-state index is -0.482. The molecule has 1 aromatic heterocycles. The molecule has 4 aromatic rings. The van der Waals surface area contributed by atoms with Gasteiger partial charge in [0.2, 0.25) is 0 Å². The Bertz CT molecular complexity index is 1390. The number of amides is 1. The van der Waals surface area contributed by atoms with Crippen molar-refractivity contribution in [3.63, 3.8) is 0 Å². The number of aryl methyl sites for hydroxylation is 1. The number of benzene rings is 3. The van der Waals surface area contributed by atoms with Crippen LogP contribution >= 0.6 is 0 Å². The van der Waals surface area contributed by atoms with Crippen molar-refractivity contribution in [1.29, 1.82) is 0 Å². The second kappa shape index (κ2) is 10.6. The zero-order valence-electron chi connectivity index (χ0n) is 20.7. The van der Waals surface area contributed by atoms with Crippen LogP contribution in [0.25, 0.3) is 16.6 Å². The molecule has 180 valence electrons. The van der Waals surface area contributed by atoms with Crippen LogP contribution in [-0.2, 0) is 6.42 Å². The molecular weight excluding hydrogens is 438 g/mol. The molecule has 0 N–H and O–H groups in total. The van der Waals surface area contributed by atoms with Gasteiger partial charge < -0.3 is 9.64 Å². The zero-order chi connectivity index (χ0) is 24.9. The SMILES string of the molecule is CCCCc1ccc(C(=O)N(C)C(C)c2nc3ccccc3c(=O)n2-c2ccccc2OC)cc1. The van der Waals surface area contributed by atoms with Gasteiger partial charge in [-0.15, -0.1) is 0 Å². The van der Waals surface area contributed by atoms with E-state index in [-0.39, 0.29) is 11.5 Å². The van der Waals surface area contributed by atoms with Crippen LogP contribution in [0.1, 0.15) is 54.5 Å². The van der Waals surface area contributed by atoms with Crippen LogP contribution < -0.4 is 10.3 Å². The first-order valence-corrected chi connectivity index (χ1v) is 12.0. The van der Waals surface area contributed by atoms with Crippen molar-refractivity contribution < 1.29 is 9.53 Å². The highest BCUT2D eigenvalue weighted by molar-refractivity contribution is 5.94. The summed E-state index contributed by atoms with van der Waals surface area (Å²) in [5.41, 5.74) is 2.79. The molecular formula is C29H31N3O3. The van der Waals surface area contributed by atoms with Gasteiger partial charge in [-0.05, 0) is 61.7 Å². The van der Waals surface area contributed by atoms with Gasteiger partial charge in [-0.2, -0.15) is 0 Å². The molecule has 1 unspecified atom stereocenters. The number of methoxy groups -OCH3 is 1. The molecule has 0 bridgehead atoms. The van der Waals surface area contributed by atoms with Crippen molar-refractivity contribution in [2.45, 2.75) is 39.2 Å². The number of carbonyl (C=O) groups excluding carboxylic acids is 1. The van der Waals surface area contributed by atoms with Crippen molar-refractivity contribution in [3.8, 4) is 11.4 Å². The van der Waals surface area contributed by atoms with Gasteiger partial charge in [0, 0.05) is 12.6 Å². The van der Waals surface area contributed by atoms with E-state index in [0.29, 0.717) is 33.7 Å². The molecule has 0 saturated heterocycles. The Hall–Kier alpha value is -3.93. The largest absolute Gasteiger partial charge is 0.495 e. The van der Waals surface area contributed by atoms with Gasteiger partial charge >= 0.3 is 0 Å². The van der Waals surface area contributed by atoms with Crippen LogP contribution in [-0.4, -0.2) is 34.5 Å². The molecule has 6 heteroatoms. The molecule has 0 fully saturated rings. The quantitative estimate of drug-likeness (QED) is 0.338. The fraction of sp³-hybridized carbons (Fsp3) is 0.276. The molecule has 4 rings (SSSR count). The average Bonchev–Trinajstić information content (AvgIpc) is 2.91. The first-order chi connectivity index (χ1) is 17.0. The molecule has 0 radical (unpaired) electrons. The summed E-state index contributed by atoms with van der Waals surface area (Å²) in [6, 6.07) is 21.9. The molecule has 1 atom stereocenters. The van der Waals surface area contributed by atoms with Gasteiger partial charge in [-0.25, -0.2) is 4.98 Å². The van der Waals surface area contributed by atoms with Gasteiger partial charge in [0.05, 0.1) is 29.7 Å². The summed E-state index contributed by atoms with van der Waals surface area (Å²) in [7, 11) is 3.31. The minimum Gasteiger partial charge on any atom is -0.495 e. The van der Waals surface area contributed by atoms with E-state index in [2.05, 4.69) is 6.92 Å². The minimum absolute atomic E-state index is 0.131. The van der Waals surface area contributed by atoms with Crippen molar-refractivity contribution in [2.75, 3.05) is 14.2 Å². The topological polar surface area (TPSA) is 64.4 Å². The van der Waals surface area contributed by atoms with Gasteiger partial charge in [0.1, 0.15) is 11.6 Å². The number of nitrogens with zero attached hydrogens (tertiary/aromatic N) is 3. The van der Waals surface area contributed by atoms with Gasteiger partial charge in [-0.1, -0.05) is 49.7 Å². The predicted molar refractivity (Wildman–Crippen MR) is 139 cm³/mol. The summed E-state index contributed by atoms with van der Waals surface area (Å²) in [6.07, 6.45) is 3.26. The van der Waals surface area contributed by atoms with Crippen LogP contribution in [0.4, 0.5) is 0 Å². The summed E-state index contributed by atoms with van der Waals surface area (Å²) < 4.78 is 7.11. The fourth-order valence-electron chi connectivity index (χ4n) is 4.23. The molecule has 0 aliphatic carbocycles. The molecule has 0 saturated carbocycles. The number of hydrogen-bond acceptors (Lipinski definition) is 4. The van der Waals surface area contributed by atoms with Gasteiger partial charge in [-0.3, -0.25) is 14.2 Å². The zero-order valence-corrected chi connectivity index (χ0v) is 20.7. The highest BCUT2D eigenvalue weighted by Gasteiger charge is 2.26. The molecule has 0 spiro atoms. The lowest BCUT2D eigenvalue weighted by molar-refractivity contribution is 0.0735. The number of hydrogen-bond donors (Lipinski definition) is 0. The molecule has 3 aromatic carbocycles.